The number of carbonyl (C=O) groups is 1. The maximum Gasteiger partial charge on any atom is 0.253 e. The number of nitrogens with zero attached hydrogens (tertiary/aromatic N) is 2. The van der Waals surface area contributed by atoms with Crippen LogP contribution in [0.25, 0.3) is 21.9 Å². The molecule has 0 aromatic carbocycles. The lowest BCUT2D eigenvalue weighted by Gasteiger charge is -2.22. The summed E-state index contributed by atoms with van der Waals surface area (Å²) in [5.41, 5.74) is 1.92. The van der Waals surface area contributed by atoms with E-state index in [2.05, 4.69) is 20.3 Å². The molecule has 0 bridgehead atoms. The van der Waals surface area contributed by atoms with Crippen molar-refractivity contribution in [3.63, 3.8) is 0 Å². The summed E-state index contributed by atoms with van der Waals surface area (Å²) in [6.07, 6.45) is 7.47. The minimum atomic E-state index is -0.0364. The number of hydrogen-bond donors (Lipinski definition) is 2. The van der Waals surface area contributed by atoms with Crippen molar-refractivity contribution in [3.05, 3.63) is 35.3 Å². The lowest BCUT2D eigenvalue weighted by atomic mass is 9.95. The Balaban J connectivity index is 1.65. The van der Waals surface area contributed by atoms with Crippen LogP contribution in [0.4, 0.5) is 0 Å². The zero-order chi connectivity index (χ0) is 15.6. The van der Waals surface area contributed by atoms with Crippen molar-refractivity contribution in [2.24, 2.45) is 0 Å². The molecule has 2 N–H and O–H groups in total. The molecule has 0 aliphatic heterocycles. The predicted molar refractivity (Wildman–Crippen MR) is 91.5 cm³/mol. The number of amides is 1. The molecule has 1 aliphatic carbocycles. The summed E-state index contributed by atoms with van der Waals surface area (Å²) >= 11 is 1.61. The van der Waals surface area contributed by atoms with Gasteiger partial charge in [0.05, 0.1) is 16.0 Å². The topological polar surface area (TPSA) is 70.7 Å². The number of rotatable bonds is 3. The van der Waals surface area contributed by atoms with Crippen molar-refractivity contribution in [2.75, 3.05) is 0 Å². The molecule has 0 saturated heterocycles. The van der Waals surface area contributed by atoms with Crippen LogP contribution >= 0.6 is 11.3 Å². The molecule has 3 aromatic heterocycles. The van der Waals surface area contributed by atoms with Crippen molar-refractivity contribution in [2.45, 2.75) is 38.1 Å². The smallest absolute Gasteiger partial charge is 0.253 e. The van der Waals surface area contributed by atoms with E-state index in [4.69, 9.17) is 0 Å². The van der Waals surface area contributed by atoms with E-state index in [1.54, 1.807) is 23.6 Å². The molecular weight excluding hydrogens is 308 g/mol. The average molecular weight is 326 g/mol. The summed E-state index contributed by atoms with van der Waals surface area (Å²) in [4.78, 5) is 25.7. The Morgan fingerprint density at radius 2 is 2.13 bits per heavy atom. The van der Waals surface area contributed by atoms with Gasteiger partial charge in [-0.1, -0.05) is 25.3 Å². The summed E-state index contributed by atoms with van der Waals surface area (Å²) in [6.45, 7) is 0. The highest BCUT2D eigenvalue weighted by molar-refractivity contribution is 7.13. The van der Waals surface area contributed by atoms with Gasteiger partial charge in [0.2, 0.25) is 0 Å². The highest BCUT2D eigenvalue weighted by atomic mass is 32.1. The predicted octanol–water partition coefficient (Wildman–Crippen LogP) is 3.75. The number of aromatic amines is 1. The number of pyridine rings is 1. The van der Waals surface area contributed by atoms with Crippen LogP contribution in [0.2, 0.25) is 0 Å². The third-order valence-electron chi connectivity index (χ3n) is 4.33. The summed E-state index contributed by atoms with van der Waals surface area (Å²) in [7, 11) is 0. The number of fused-ring (bicyclic) bond motifs is 1. The Labute approximate surface area is 138 Å². The lowest BCUT2D eigenvalue weighted by molar-refractivity contribution is 0.0929. The molecule has 1 aliphatic rings. The standard InChI is InChI=1S/C17H18N4OS/c22-17(19-11-5-2-1-3-6-11)12-8-9-18-16-14(12)20-15(21-16)13-7-4-10-23-13/h4,7-11H,1-3,5-6H2,(H,19,22)(H,18,20,21). The maximum atomic E-state index is 12.6. The number of hydrogen-bond acceptors (Lipinski definition) is 4. The fraction of sp³-hybridized carbons (Fsp3) is 0.353. The van der Waals surface area contributed by atoms with Gasteiger partial charge in [-0.3, -0.25) is 4.79 Å². The molecule has 23 heavy (non-hydrogen) atoms. The van der Waals surface area contributed by atoms with Crippen LogP contribution in [0.1, 0.15) is 42.5 Å². The van der Waals surface area contributed by atoms with Gasteiger partial charge in [-0.05, 0) is 30.4 Å². The highest BCUT2D eigenvalue weighted by Gasteiger charge is 2.20. The van der Waals surface area contributed by atoms with E-state index < -0.39 is 0 Å². The molecule has 0 radical (unpaired) electrons. The van der Waals surface area contributed by atoms with Crippen LogP contribution in [0.5, 0.6) is 0 Å². The van der Waals surface area contributed by atoms with Gasteiger partial charge in [0.25, 0.3) is 5.91 Å². The lowest BCUT2D eigenvalue weighted by Crippen LogP contribution is -2.36. The first-order valence-corrected chi connectivity index (χ1v) is 8.89. The van der Waals surface area contributed by atoms with Gasteiger partial charge in [-0.25, -0.2) is 9.97 Å². The SMILES string of the molecule is O=C(NC1CCCCC1)c1ccnc2nc(-c3cccs3)[nH]c12. The Hall–Kier alpha value is -2.21. The quantitative estimate of drug-likeness (QED) is 0.770. The normalized spacial score (nSPS) is 15.8. The van der Waals surface area contributed by atoms with E-state index in [1.165, 1.54) is 19.3 Å². The second kappa shape index (κ2) is 6.12. The van der Waals surface area contributed by atoms with Crippen molar-refractivity contribution < 1.29 is 4.79 Å². The molecule has 3 heterocycles. The van der Waals surface area contributed by atoms with Gasteiger partial charge >= 0.3 is 0 Å². The monoisotopic (exact) mass is 326 g/mol. The summed E-state index contributed by atoms with van der Waals surface area (Å²) in [5.74, 6) is 0.728. The molecule has 6 heteroatoms. The number of carbonyl (C=O) groups excluding carboxylic acids is 1. The van der Waals surface area contributed by atoms with Gasteiger partial charge in [0.1, 0.15) is 0 Å². The summed E-state index contributed by atoms with van der Waals surface area (Å²) in [5, 5.41) is 5.17. The largest absolute Gasteiger partial charge is 0.349 e. The number of H-pyrrole nitrogens is 1. The summed E-state index contributed by atoms with van der Waals surface area (Å²) < 4.78 is 0. The maximum absolute atomic E-state index is 12.6. The fourth-order valence-corrected chi connectivity index (χ4v) is 3.81. The van der Waals surface area contributed by atoms with E-state index in [0.29, 0.717) is 22.8 Å². The number of thiophene rings is 1. The highest BCUT2D eigenvalue weighted by Crippen LogP contribution is 2.25. The molecule has 5 nitrogen and oxygen atoms in total. The zero-order valence-corrected chi connectivity index (χ0v) is 13.5. The van der Waals surface area contributed by atoms with E-state index in [9.17, 15) is 4.79 Å². The van der Waals surface area contributed by atoms with Crippen LogP contribution in [0.15, 0.2) is 29.8 Å². The Morgan fingerprint density at radius 3 is 2.91 bits per heavy atom. The number of nitrogens with one attached hydrogen (secondary N) is 2. The van der Waals surface area contributed by atoms with Crippen LogP contribution in [-0.2, 0) is 0 Å². The molecule has 1 saturated carbocycles. The average Bonchev–Trinajstić information content (AvgIpc) is 3.24. The zero-order valence-electron chi connectivity index (χ0n) is 12.7. The molecule has 3 aromatic rings. The van der Waals surface area contributed by atoms with E-state index in [1.807, 2.05) is 17.5 Å². The third-order valence-corrected chi connectivity index (χ3v) is 5.21. The molecule has 118 valence electrons. The molecule has 0 atom stereocenters. The molecule has 4 rings (SSSR count). The first kappa shape index (κ1) is 14.4. The fourth-order valence-electron chi connectivity index (χ4n) is 3.14. The van der Waals surface area contributed by atoms with E-state index in [0.717, 1.165) is 23.5 Å². The minimum absolute atomic E-state index is 0.0364. The van der Waals surface area contributed by atoms with Gasteiger partial charge in [0, 0.05) is 12.2 Å². The molecular formula is C17H18N4OS. The van der Waals surface area contributed by atoms with Gasteiger partial charge in [-0.15, -0.1) is 11.3 Å². The molecule has 0 unspecified atom stereocenters. The Kier molecular flexibility index (Phi) is 3.83. The second-order valence-corrected chi connectivity index (χ2v) is 6.88. The van der Waals surface area contributed by atoms with Crippen LogP contribution in [-0.4, -0.2) is 26.9 Å². The summed E-state index contributed by atoms with van der Waals surface area (Å²) in [6, 6.07) is 6.04. The van der Waals surface area contributed by atoms with Crippen molar-refractivity contribution in [1.82, 2.24) is 20.3 Å². The van der Waals surface area contributed by atoms with Crippen LogP contribution < -0.4 is 5.32 Å². The molecule has 1 amide bonds. The minimum Gasteiger partial charge on any atom is -0.349 e. The van der Waals surface area contributed by atoms with Crippen molar-refractivity contribution in [1.29, 1.82) is 0 Å². The van der Waals surface area contributed by atoms with E-state index in [-0.39, 0.29) is 5.91 Å². The van der Waals surface area contributed by atoms with Crippen molar-refractivity contribution in [3.8, 4) is 10.7 Å². The first-order valence-electron chi connectivity index (χ1n) is 8.01. The van der Waals surface area contributed by atoms with E-state index >= 15 is 0 Å². The molecule has 1 fully saturated rings. The number of aromatic nitrogens is 3. The van der Waals surface area contributed by atoms with Gasteiger partial charge in [0.15, 0.2) is 11.5 Å². The van der Waals surface area contributed by atoms with Gasteiger partial charge < -0.3 is 10.3 Å². The first-order chi connectivity index (χ1) is 11.3. The second-order valence-electron chi connectivity index (χ2n) is 5.93. The third kappa shape index (κ3) is 2.86. The Bertz CT molecular complexity index is 818. The van der Waals surface area contributed by atoms with Crippen LogP contribution in [0.3, 0.4) is 0 Å². The Morgan fingerprint density at radius 1 is 1.26 bits per heavy atom. The van der Waals surface area contributed by atoms with Crippen LogP contribution in [0, 0.1) is 0 Å². The van der Waals surface area contributed by atoms with Gasteiger partial charge in [-0.2, -0.15) is 0 Å². The number of imidazole rings is 1. The molecule has 0 spiro atoms. The van der Waals surface area contributed by atoms with Crippen molar-refractivity contribution >= 4 is 28.4 Å².